The van der Waals surface area contributed by atoms with Crippen LogP contribution in [0.1, 0.15) is 90.5 Å². The Morgan fingerprint density at radius 2 is 1.05 bits per heavy atom. The summed E-state index contributed by atoms with van der Waals surface area (Å²) in [5, 5.41) is 0.270. The van der Waals surface area contributed by atoms with Crippen molar-refractivity contribution in [1.82, 2.24) is 0 Å². The van der Waals surface area contributed by atoms with Crippen LogP contribution in [0, 0.1) is 0 Å². The summed E-state index contributed by atoms with van der Waals surface area (Å²) in [5.74, 6) is 1.12. The number of hydrogen-bond donors (Lipinski definition) is 0. The molecule has 0 aromatic heterocycles. The average molecular weight is 771 g/mol. The second-order valence-corrected chi connectivity index (χ2v) is 16.5. The summed E-state index contributed by atoms with van der Waals surface area (Å²) in [6.45, 7) is 4.39. The first kappa shape index (κ1) is 40.4. The van der Waals surface area contributed by atoms with Crippen LogP contribution in [0.3, 0.4) is 0 Å². The number of fused-ring (bicyclic) bond motifs is 2. The minimum absolute atomic E-state index is 0.270. The van der Waals surface area contributed by atoms with E-state index in [2.05, 4.69) is 140 Å². The van der Waals surface area contributed by atoms with E-state index < -0.39 is 30.0 Å². The summed E-state index contributed by atoms with van der Waals surface area (Å²) in [6.07, 6.45) is 6.73. The fourth-order valence-electron chi connectivity index (χ4n) is 8.25. The van der Waals surface area contributed by atoms with Crippen molar-refractivity contribution < 1.29 is 23.7 Å². The highest BCUT2D eigenvalue weighted by molar-refractivity contribution is 7.99. The Morgan fingerprint density at radius 3 is 1.66 bits per heavy atom. The minimum atomic E-state index is -0.779. The Balaban J connectivity index is 1.24. The van der Waals surface area contributed by atoms with Crippen molar-refractivity contribution in [2.75, 3.05) is 12.4 Å². The molecule has 6 heteroatoms. The quantitative estimate of drug-likeness (QED) is 0.0693. The summed E-state index contributed by atoms with van der Waals surface area (Å²) >= 11 is 2.07. The third kappa shape index (κ3) is 10.6. The number of rotatable bonds is 21. The van der Waals surface area contributed by atoms with Gasteiger partial charge in [0.15, 0.2) is 0 Å². The highest BCUT2D eigenvalue weighted by Gasteiger charge is 2.61. The van der Waals surface area contributed by atoms with E-state index >= 15 is 0 Å². The molecular weight excluding hydrogens is 713 g/mol. The van der Waals surface area contributed by atoms with Crippen LogP contribution in [0.25, 0.3) is 0 Å². The number of unbranched alkanes of at least 4 members (excludes halogenated alkanes) is 5. The largest absolute Gasteiger partial charge is 0.374 e. The van der Waals surface area contributed by atoms with Gasteiger partial charge in [-0.1, -0.05) is 185 Å². The maximum atomic E-state index is 7.62. The van der Waals surface area contributed by atoms with Gasteiger partial charge >= 0.3 is 0 Å². The Kier molecular flexibility index (Phi) is 15.3. The lowest BCUT2D eigenvalue weighted by Gasteiger charge is -2.52. The van der Waals surface area contributed by atoms with E-state index in [4.69, 9.17) is 23.7 Å². The van der Waals surface area contributed by atoms with Crippen molar-refractivity contribution in [3.63, 3.8) is 0 Å². The molecule has 5 nitrogen and oxygen atoms in total. The van der Waals surface area contributed by atoms with Crippen molar-refractivity contribution in [3.8, 4) is 0 Å². The summed E-state index contributed by atoms with van der Waals surface area (Å²) in [6, 6.07) is 50.5. The molecule has 1 heterocycles. The zero-order chi connectivity index (χ0) is 38.3. The van der Waals surface area contributed by atoms with Crippen molar-refractivity contribution in [2.45, 2.75) is 114 Å². The molecule has 5 aromatic rings. The number of benzene rings is 5. The SMILES string of the molecule is CCCCCCCCS[C@@H]1C[C@@]2(O[C@H](COCc3ccccc3)[C@H](OCc3ccccc3)[C@H](OCc3ccccc3)[C@H]2OCc2ccccc2)c2ccccc21. The second kappa shape index (κ2) is 21.1. The van der Waals surface area contributed by atoms with Crippen LogP contribution in [0.2, 0.25) is 0 Å². The van der Waals surface area contributed by atoms with E-state index in [-0.39, 0.29) is 5.25 Å². The lowest BCUT2D eigenvalue weighted by molar-refractivity contribution is -0.313. The van der Waals surface area contributed by atoms with Crippen molar-refractivity contribution in [1.29, 1.82) is 0 Å². The van der Waals surface area contributed by atoms with Gasteiger partial charge in [0, 0.05) is 5.25 Å². The maximum Gasteiger partial charge on any atom is 0.124 e. The molecule has 1 aliphatic carbocycles. The van der Waals surface area contributed by atoms with Gasteiger partial charge in [-0.15, -0.1) is 0 Å². The average Bonchev–Trinajstić information content (AvgIpc) is 3.56. The molecule has 0 N–H and O–H groups in total. The summed E-state index contributed by atoms with van der Waals surface area (Å²) in [5.41, 5.74) is 6.19. The molecule has 1 saturated heterocycles. The molecule has 1 spiro atoms. The first-order valence-corrected chi connectivity index (χ1v) is 21.8. The van der Waals surface area contributed by atoms with E-state index in [0.717, 1.165) is 34.4 Å². The van der Waals surface area contributed by atoms with Crippen molar-refractivity contribution >= 4 is 11.8 Å². The summed E-state index contributed by atoms with van der Waals surface area (Å²) in [7, 11) is 0. The third-order valence-electron chi connectivity index (χ3n) is 11.1. The van der Waals surface area contributed by atoms with Gasteiger partial charge in [-0.25, -0.2) is 0 Å². The van der Waals surface area contributed by atoms with Crippen molar-refractivity contribution in [2.24, 2.45) is 0 Å². The Morgan fingerprint density at radius 1 is 0.554 bits per heavy atom. The summed E-state index contributed by atoms with van der Waals surface area (Å²) < 4.78 is 35.5. The number of thioether (sulfide) groups is 1. The minimum Gasteiger partial charge on any atom is -0.374 e. The predicted molar refractivity (Wildman–Crippen MR) is 227 cm³/mol. The lowest BCUT2D eigenvalue weighted by atomic mass is 9.80. The predicted octanol–water partition coefficient (Wildman–Crippen LogP) is 11.8. The standard InChI is InChI=1S/C50H58O5S/c1-2-3-4-5-6-21-32-56-46-33-50(44-31-20-19-30-43(44)46)49(54-37-42-28-17-10-18-29-42)48(53-36-41-26-15-9-16-27-41)47(52-35-40-24-13-8-14-25-40)45(55-50)38-51-34-39-22-11-7-12-23-39/h7-20,22-31,45-49H,2-6,21,32-38H2,1H3/t45-,46-,47+,48+,49-,50-/m1/s1. The van der Waals surface area contributed by atoms with Gasteiger partial charge in [-0.2, -0.15) is 11.8 Å². The topological polar surface area (TPSA) is 46.2 Å². The summed E-state index contributed by atoms with van der Waals surface area (Å²) in [4.78, 5) is 0. The molecule has 7 rings (SSSR count). The molecule has 0 amide bonds. The maximum absolute atomic E-state index is 7.62. The first-order valence-electron chi connectivity index (χ1n) is 20.7. The van der Waals surface area contributed by atoms with E-state index in [9.17, 15) is 0 Å². The Bertz CT molecular complexity index is 1840. The van der Waals surface area contributed by atoms with Gasteiger partial charge in [-0.3, -0.25) is 0 Å². The highest BCUT2D eigenvalue weighted by atomic mass is 32.2. The van der Waals surface area contributed by atoms with Gasteiger partial charge in [-0.05, 0) is 52.0 Å². The number of hydrogen-bond acceptors (Lipinski definition) is 6. The van der Waals surface area contributed by atoms with E-state index in [1.807, 2.05) is 24.3 Å². The second-order valence-electron chi connectivity index (χ2n) is 15.2. The van der Waals surface area contributed by atoms with Crippen LogP contribution in [-0.2, 0) is 55.7 Å². The molecule has 0 radical (unpaired) electrons. The molecule has 56 heavy (non-hydrogen) atoms. The van der Waals surface area contributed by atoms with E-state index in [1.54, 1.807) is 0 Å². The van der Waals surface area contributed by atoms with Gasteiger partial charge in [0.05, 0.1) is 33.0 Å². The van der Waals surface area contributed by atoms with Crippen LogP contribution in [0.4, 0.5) is 0 Å². The zero-order valence-corrected chi connectivity index (χ0v) is 33.7. The van der Waals surface area contributed by atoms with Crippen molar-refractivity contribution in [3.05, 3.63) is 179 Å². The van der Waals surface area contributed by atoms with Crippen LogP contribution < -0.4 is 0 Å². The first-order chi connectivity index (χ1) is 27.7. The van der Waals surface area contributed by atoms with Crippen LogP contribution in [0.5, 0.6) is 0 Å². The molecule has 1 fully saturated rings. The molecule has 1 aliphatic heterocycles. The van der Waals surface area contributed by atoms with Gasteiger partial charge in [0.25, 0.3) is 0 Å². The zero-order valence-electron chi connectivity index (χ0n) is 32.9. The van der Waals surface area contributed by atoms with Crippen LogP contribution >= 0.6 is 11.8 Å². The fraction of sp³-hybridized carbons (Fsp3) is 0.400. The van der Waals surface area contributed by atoms with Gasteiger partial charge in [0.2, 0.25) is 0 Å². The van der Waals surface area contributed by atoms with Gasteiger partial charge in [0.1, 0.15) is 30.0 Å². The molecular formula is C50H58O5S. The number of ether oxygens (including phenoxy) is 5. The molecule has 2 aliphatic rings. The lowest BCUT2D eigenvalue weighted by Crippen LogP contribution is -2.65. The smallest absolute Gasteiger partial charge is 0.124 e. The normalized spacial score (nSPS) is 23.0. The third-order valence-corrected chi connectivity index (χ3v) is 12.5. The Hall–Kier alpha value is -3.75. The molecule has 6 atom stereocenters. The monoisotopic (exact) mass is 770 g/mol. The molecule has 0 unspecified atom stereocenters. The molecule has 5 aromatic carbocycles. The molecule has 0 bridgehead atoms. The molecule has 0 saturated carbocycles. The van der Waals surface area contributed by atoms with E-state index in [0.29, 0.717) is 33.0 Å². The van der Waals surface area contributed by atoms with Gasteiger partial charge < -0.3 is 23.7 Å². The van der Waals surface area contributed by atoms with Crippen LogP contribution in [-0.4, -0.2) is 36.8 Å². The molecule has 294 valence electrons. The van der Waals surface area contributed by atoms with Crippen LogP contribution in [0.15, 0.2) is 146 Å². The highest BCUT2D eigenvalue weighted by Crippen LogP contribution is 2.57. The Labute approximate surface area is 339 Å². The fourth-order valence-corrected chi connectivity index (χ4v) is 9.66. The van der Waals surface area contributed by atoms with E-state index in [1.165, 1.54) is 49.7 Å².